The van der Waals surface area contributed by atoms with Gasteiger partial charge in [-0.1, -0.05) is 18.2 Å². The smallest absolute Gasteiger partial charge is 0.350 e. The molecule has 1 aliphatic carbocycles. The van der Waals surface area contributed by atoms with Gasteiger partial charge in [0.2, 0.25) is 5.91 Å². The van der Waals surface area contributed by atoms with E-state index in [1.54, 1.807) is 30.5 Å². The third-order valence-corrected chi connectivity index (χ3v) is 4.68. The van der Waals surface area contributed by atoms with E-state index < -0.39 is 5.41 Å². The maximum absolute atomic E-state index is 13.1. The van der Waals surface area contributed by atoms with E-state index in [-0.39, 0.29) is 17.4 Å². The van der Waals surface area contributed by atoms with Crippen LogP contribution in [0.15, 0.2) is 53.5 Å². The van der Waals surface area contributed by atoms with Gasteiger partial charge < -0.3 is 5.32 Å². The van der Waals surface area contributed by atoms with Gasteiger partial charge in [-0.05, 0) is 42.7 Å². The maximum atomic E-state index is 13.1. The van der Waals surface area contributed by atoms with Gasteiger partial charge in [-0.3, -0.25) is 9.20 Å². The van der Waals surface area contributed by atoms with Crippen LogP contribution in [0.1, 0.15) is 18.4 Å². The number of halogens is 1. The summed E-state index contributed by atoms with van der Waals surface area (Å²) in [7, 11) is 0. The zero-order valence-corrected chi connectivity index (χ0v) is 13.5. The lowest BCUT2D eigenvalue weighted by molar-refractivity contribution is -0.123. The number of benzene rings is 1. The first-order chi connectivity index (χ1) is 12.1. The highest BCUT2D eigenvalue weighted by molar-refractivity contribution is 5.91. The molecule has 0 unspecified atom stereocenters. The van der Waals surface area contributed by atoms with Crippen molar-refractivity contribution in [1.82, 2.24) is 19.5 Å². The lowest BCUT2D eigenvalue weighted by atomic mass is 9.95. The van der Waals surface area contributed by atoms with Crippen LogP contribution in [0.3, 0.4) is 0 Å². The van der Waals surface area contributed by atoms with E-state index >= 15 is 0 Å². The molecule has 0 radical (unpaired) electrons. The second kappa shape index (κ2) is 5.84. The Morgan fingerprint density at radius 2 is 1.96 bits per heavy atom. The second-order valence-electron chi connectivity index (χ2n) is 6.28. The normalized spacial score (nSPS) is 15.2. The first-order valence-corrected chi connectivity index (χ1v) is 8.19. The van der Waals surface area contributed by atoms with Gasteiger partial charge in [-0.2, -0.15) is 0 Å². The molecule has 0 saturated heterocycles. The number of pyridine rings is 1. The highest BCUT2D eigenvalue weighted by Crippen LogP contribution is 2.48. The van der Waals surface area contributed by atoms with Crippen molar-refractivity contribution in [3.05, 3.63) is 70.5 Å². The number of rotatable bonds is 5. The Hall–Kier alpha value is -2.96. The number of nitrogens with one attached hydrogen (secondary N) is 1. The number of carbonyl (C=O) groups excluding carboxylic acids is 1. The first-order valence-electron chi connectivity index (χ1n) is 8.19. The Labute approximate surface area is 142 Å². The molecule has 1 fully saturated rings. The fourth-order valence-electron chi connectivity index (χ4n) is 3.10. The molecule has 2 aromatic heterocycles. The summed E-state index contributed by atoms with van der Waals surface area (Å²) in [6, 6.07) is 11.4. The summed E-state index contributed by atoms with van der Waals surface area (Å²) < 4.78 is 15.9. The molecule has 1 N–H and O–H groups in total. The highest BCUT2D eigenvalue weighted by Gasteiger charge is 2.51. The zero-order chi connectivity index (χ0) is 17.4. The average Bonchev–Trinajstić information content (AvgIpc) is 3.37. The molecule has 0 atom stereocenters. The molecule has 0 aliphatic heterocycles. The minimum Gasteiger partial charge on any atom is -0.353 e. The van der Waals surface area contributed by atoms with Crippen LogP contribution in [-0.2, 0) is 16.8 Å². The molecule has 0 spiro atoms. The third kappa shape index (κ3) is 2.71. The van der Waals surface area contributed by atoms with E-state index in [1.165, 1.54) is 21.2 Å². The first kappa shape index (κ1) is 15.6. The molecule has 4 rings (SSSR count). The predicted molar refractivity (Wildman–Crippen MR) is 89.8 cm³/mol. The molecule has 0 bridgehead atoms. The van der Waals surface area contributed by atoms with E-state index in [0.29, 0.717) is 18.7 Å². The summed E-state index contributed by atoms with van der Waals surface area (Å²) >= 11 is 0. The predicted octanol–water partition coefficient (Wildman–Crippen LogP) is 1.48. The minimum absolute atomic E-state index is 0.0871. The van der Waals surface area contributed by atoms with Crippen molar-refractivity contribution < 1.29 is 9.18 Å². The number of amides is 1. The van der Waals surface area contributed by atoms with E-state index in [9.17, 15) is 14.0 Å². The molecule has 25 heavy (non-hydrogen) atoms. The van der Waals surface area contributed by atoms with Crippen LogP contribution in [0.4, 0.5) is 4.39 Å². The summed E-state index contributed by atoms with van der Waals surface area (Å²) in [5.41, 5.74) is 0.613. The standard InChI is InChI=1S/C18H17FN4O2/c19-14-6-4-13(5-7-14)18(8-9-18)16(24)20-10-12-23-17(25)22-11-2-1-3-15(22)21-23/h1-7,11H,8-10,12H2,(H,20,24). The summed E-state index contributed by atoms with van der Waals surface area (Å²) in [5.74, 6) is -0.401. The van der Waals surface area contributed by atoms with Crippen molar-refractivity contribution in [2.45, 2.75) is 24.8 Å². The Morgan fingerprint density at radius 3 is 2.64 bits per heavy atom. The summed E-state index contributed by atoms with van der Waals surface area (Å²) in [5, 5.41) is 7.11. The van der Waals surface area contributed by atoms with Gasteiger partial charge in [0.25, 0.3) is 0 Å². The fourth-order valence-corrected chi connectivity index (χ4v) is 3.10. The maximum Gasteiger partial charge on any atom is 0.350 e. The number of nitrogens with zero attached hydrogens (tertiary/aromatic N) is 3. The van der Waals surface area contributed by atoms with Gasteiger partial charge in [0.1, 0.15) is 5.82 Å². The van der Waals surface area contributed by atoms with E-state index in [0.717, 1.165) is 18.4 Å². The zero-order valence-electron chi connectivity index (χ0n) is 13.5. The van der Waals surface area contributed by atoms with Crippen molar-refractivity contribution in [1.29, 1.82) is 0 Å². The van der Waals surface area contributed by atoms with Gasteiger partial charge in [0, 0.05) is 12.7 Å². The van der Waals surface area contributed by atoms with Gasteiger partial charge >= 0.3 is 5.69 Å². The van der Waals surface area contributed by atoms with E-state index in [4.69, 9.17) is 0 Å². The molecule has 3 aromatic rings. The van der Waals surface area contributed by atoms with Crippen LogP contribution in [0.2, 0.25) is 0 Å². The van der Waals surface area contributed by atoms with Crippen LogP contribution < -0.4 is 11.0 Å². The average molecular weight is 340 g/mol. The quantitative estimate of drug-likeness (QED) is 0.765. The van der Waals surface area contributed by atoms with Crippen molar-refractivity contribution in [3.63, 3.8) is 0 Å². The number of carbonyl (C=O) groups is 1. The number of aromatic nitrogens is 3. The third-order valence-electron chi connectivity index (χ3n) is 4.68. The Kier molecular flexibility index (Phi) is 3.63. The molecule has 1 saturated carbocycles. The molecule has 1 amide bonds. The number of fused-ring (bicyclic) bond motifs is 1. The van der Waals surface area contributed by atoms with Crippen molar-refractivity contribution in [3.8, 4) is 0 Å². The molecule has 1 aromatic carbocycles. The van der Waals surface area contributed by atoms with Crippen LogP contribution in [-0.4, -0.2) is 26.6 Å². The largest absolute Gasteiger partial charge is 0.353 e. The van der Waals surface area contributed by atoms with Crippen LogP contribution in [0.25, 0.3) is 5.65 Å². The summed E-state index contributed by atoms with van der Waals surface area (Å²) in [6.45, 7) is 0.608. The fraction of sp³-hybridized carbons (Fsp3) is 0.278. The van der Waals surface area contributed by atoms with Crippen LogP contribution in [0, 0.1) is 5.82 Å². The number of hydrogen-bond donors (Lipinski definition) is 1. The second-order valence-corrected chi connectivity index (χ2v) is 6.28. The topological polar surface area (TPSA) is 68.4 Å². The molecule has 6 nitrogen and oxygen atoms in total. The SMILES string of the molecule is O=C(NCCn1nc2ccccn2c1=O)C1(c2ccc(F)cc2)CC1. The Balaban J connectivity index is 1.43. The highest BCUT2D eigenvalue weighted by atomic mass is 19.1. The molecular weight excluding hydrogens is 323 g/mol. The van der Waals surface area contributed by atoms with Gasteiger partial charge in [-0.15, -0.1) is 5.10 Å². The van der Waals surface area contributed by atoms with Crippen LogP contribution in [0.5, 0.6) is 0 Å². The molecular formula is C18H17FN4O2. The lowest BCUT2D eigenvalue weighted by Gasteiger charge is -2.15. The Morgan fingerprint density at radius 1 is 1.20 bits per heavy atom. The summed E-state index contributed by atoms with van der Waals surface area (Å²) in [6.07, 6.45) is 3.16. The van der Waals surface area contributed by atoms with Gasteiger partial charge in [0.05, 0.1) is 12.0 Å². The van der Waals surface area contributed by atoms with E-state index in [1.807, 2.05) is 6.07 Å². The van der Waals surface area contributed by atoms with Crippen molar-refractivity contribution in [2.75, 3.05) is 6.54 Å². The monoisotopic (exact) mass is 340 g/mol. The van der Waals surface area contributed by atoms with Crippen molar-refractivity contribution in [2.24, 2.45) is 0 Å². The molecule has 1 aliphatic rings. The Bertz CT molecular complexity index is 986. The molecule has 2 heterocycles. The molecule has 128 valence electrons. The number of hydrogen-bond acceptors (Lipinski definition) is 3. The molecule has 7 heteroatoms. The van der Waals surface area contributed by atoms with Crippen molar-refractivity contribution >= 4 is 11.6 Å². The van der Waals surface area contributed by atoms with Crippen LogP contribution >= 0.6 is 0 Å². The lowest BCUT2D eigenvalue weighted by Crippen LogP contribution is -2.37. The van der Waals surface area contributed by atoms with Gasteiger partial charge in [-0.25, -0.2) is 13.9 Å². The van der Waals surface area contributed by atoms with E-state index in [2.05, 4.69) is 10.4 Å². The summed E-state index contributed by atoms with van der Waals surface area (Å²) in [4.78, 5) is 24.7. The minimum atomic E-state index is -0.558. The van der Waals surface area contributed by atoms with Gasteiger partial charge in [0.15, 0.2) is 5.65 Å².